The van der Waals surface area contributed by atoms with Gasteiger partial charge in [-0.05, 0) is 38.6 Å². The molecule has 0 aromatic rings. The third-order valence-electron chi connectivity index (χ3n) is 2.76. The van der Waals surface area contributed by atoms with Crippen LogP contribution in [0.25, 0.3) is 0 Å². The van der Waals surface area contributed by atoms with Crippen LogP contribution in [0.15, 0.2) is 0 Å². The summed E-state index contributed by atoms with van der Waals surface area (Å²) in [6, 6.07) is 0. The van der Waals surface area contributed by atoms with Crippen LogP contribution in [0, 0.1) is 5.92 Å². The summed E-state index contributed by atoms with van der Waals surface area (Å²) >= 11 is 0. The van der Waals surface area contributed by atoms with E-state index in [4.69, 9.17) is 10.5 Å². The molecule has 2 unspecified atom stereocenters. The number of hydrogen-bond donors (Lipinski definition) is 1. The van der Waals surface area contributed by atoms with Crippen LogP contribution in [0.2, 0.25) is 0 Å². The molecule has 72 valence electrons. The molecule has 0 aromatic carbocycles. The van der Waals surface area contributed by atoms with Crippen LogP contribution in [0.4, 0.5) is 0 Å². The monoisotopic (exact) mass is 171 g/mol. The van der Waals surface area contributed by atoms with Crippen molar-refractivity contribution in [2.24, 2.45) is 11.7 Å². The van der Waals surface area contributed by atoms with E-state index in [1.54, 1.807) is 0 Å². The molecule has 0 saturated heterocycles. The van der Waals surface area contributed by atoms with E-state index in [2.05, 4.69) is 6.92 Å². The Hall–Kier alpha value is -0.0800. The van der Waals surface area contributed by atoms with Crippen LogP contribution in [-0.2, 0) is 4.74 Å². The number of nitrogens with two attached hydrogens (primary N) is 1. The first-order chi connectivity index (χ1) is 5.88. The van der Waals surface area contributed by atoms with Gasteiger partial charge in [-0.1, -0.05) is 12.8 Å². The molecule has 2 N–H and O–H groups in total. The maximum Gasteiger partial charge on any atom is 0.0603 e. The van der Waals surface area contributed by atoms with E-state index in [1.807, 2.05) is 0 Å². The molecule has 1 aliphatic carbocycles. The molecule has 2 heteroatoms. The predicted octanol–water partition coefficient (Wildman–Crippen LogP) is 1.93. The summed E-state index contributed by atoms with van der Waals surface area (Å²) in [6.07, 6.45) is 6.93. The Bertz CT molecular complexity index is 98.4. The minimum absolute atomic E-state index is 0.507. The van der Waals surface area contributed by atoms with E-state index in [1.165, 1.54) is 25.7 Å². The average molecular weight is 171 g/mol. The molecule has 0 aromatic heterocycles. The lowest BCUT2D eigenvalue weighted by Gasteiger charge is -2.30. The van der Waals surface area contributed by atoms with Crippen LogP contribution in [0.1, 0.15) is 39.0 Å². The SMILES string of the molecule is CCOC1CCCCC1CCN. The van der Waals surface area contributed by atoms with Crippen LogP contribution in [0.5, 0.6) is 0 Å². The summed E-state index contributed by atoms with van der Waals surface area (Å²) in [5.74, 6) is 0.740. The van der Waals surface area contributed by atoms with Crippen molar-refractivity contribution in [3.8, 4) is 0 Å². The molecule has 0 spiro atoms. The van der Waals surface area contributed by atoms with E-state index in [-0.39, 0.29) is 0 Å². The van der Waals surface area contributed by atoms with Crippen molar-refractivity contribution in [3.05, 3.63) is 0 Å². The van der Waals surface area contributed by atoms with Crippen LogP contribution < -0.4 is 5.73 Å². The molecule has 0 aliphatic heterocycles. The van der Waals surface area contributed by atoms with Crippen LogP contribution in [-0.4, -0.2) is 19.3 Å². The van der Waals surface area contributed by atoms with Gasteiger partial charge in [-0.25, -0.2) is 0 Å². The van der Waals surface area contributed by atoms with Crippen molar-refractivity contribution in [2.45, 2.75) is 45.1 Å². The highest BCUT2D eigenvalue weighted by Gasteiger charge is 2.24. The second kappa shape index (κ2) is 5.55. The minimum atomic E-state index is 0.507. The minimum Gasteiger partial charge on any atom is -0.378 e. The molecular formula is C10H21NO. The molecule has 2 atom stereocenters. The van der Waals surface area contributed by atoms with Gasteiger partial charge in [-0.15, -0.1) is 0 Å². The summed E-state index contributed by atoms with van der Waals surface area (Å²) in [6.45, 7) is 3.74. The van der Waals surface area contributed by atoms with E-state index in [0.717, 1.165) is 25.5 Å². The van der Waals surface area contributed by atoms with Crippen molar-refractivity contribution in [3.63, 3.8) is 0 Å². The largest absolute Gasteiger partial charge is 0.378 e. The van der Waals surface area contributed by atoms with Crippen molar-refractivity contribution < 1.29 is 4.74 Å². The first kappa shape index (κ1) is 10.0. The molecule has 12 heavy (non-hydrogen) atoms. The fraction of sp³-hybridized carbons (Fsp3) is 1.00. The summed E-state index contributed by atoms with van der Waals surface area (Å²) < 4.78 is 5.69. The molecule has 0 amide bonds. The van der Waals surface area contributed by atoms with Crippen molar-refractivity contribution in [2.75, 3.05) is 13.2 Å². The van der Waals surface area contributed by atoms with E-state index in [9.17, 15) is 0 Å². The van der Waals surface area contributed by atoms with Crippen molar-refractivity contribution in [1.82, 2.24) is 0 Å². The zero-order chi connectivity index (χ0) is 8.81. The third-order valence-corrected chi connectivity index (χ3v) is 2.76. The first-order valence-electron chi connectivity index (χ1n) is 5.20. The maximum absolute atomic E-state index is 5.69. The lowest BCUT2D eigenvalue weighted by atomic mass is 9.84. The number of hydrogen-bond acceptors (Lipinski definition) is 2. The molecule has 1 aliphatic rings. The van der Waals surface area contributed by atoms with Gasteiger partial charge in [0, 0.05) is 6.61 Å². The lowest BCUT2D eigenvalue weighted by Crippen LogP contribution is -2.29. The zero-order valence-electron chi connectivity index (χ0n) is 8.09. The second-order valence-electron chi connectivity index (χ2n) is 3.62. The van der Waals surface area contributed by atoms with Gasteiger partial charge < -0.3 is 10.5 Å². The Labute approximate surface area is 75.5 Å². The van der Waals surface area contributed by atoms with E-state index < -0.39 is 0 Å². The molecule has 1 fully saturated rings. The van der Waals surface area contributed by atoms with Gasteiger partial charge >= 0.3 is 0 Å². The van der Waals surface area contributed by atoms with E-state index >= 15 is 0 Å². The average Bonchev–Trinajstić information content (AvgIpc) is 2.09. The zero-order valence-corrected chi connectivity index (χ0v) is 8.09. The second-order valence-corrected chi connectivity index (χ2v) is 3.62. The van der Waals surface area contributed by atoms with Gasteiger partial charge in [0.15, 0.2) is 0 Å². The summed E-state index contributed by atoms with van der Waals surface area (Å²) in [5, 5.41) is 0. The lowest BCUT2D eigenvalue weighted by molar-refractivity contribution is -0.00607. The molecular weight excluding hydrogens is 150 g/mol. The Kier molecular flexibility index (Phi) is 4.62. The molecule has 1 rings (SSSR count). The van der Waals surface area contributed by atoms with Crippen LogP contribution >= 0.6 is 0 Å². The third kappa shape index (κ3) is 2.76. The molecule has 0 bridgehead atoms. The Morgan fingerprint density at radius 1 is 1.33 bits per heavy atom. The van der Waals surface area contributed by atoms with Gasteiger partial charge in [-0.2, -0.15) is 0 Å². The number of rotatable bonds is 4. The predicted molar refractivity (Wildman–Crippen MR) is 51.0 cm³/mol. The van der Waals surface area contributed by atoms with Crippen LogP contribution in [0.3, 0.4) is 0 Å². The van der Waals surface area contributed by atoms with Gasteiger partial charge in [0.05, 0.1) is 6.10 Å². The number of ether oxygens (including phenoxy) is 1. The van der Waals surface area contributed by atoms with Gasteiger partial charge in [0.2, 0.25) is 0 Å². The molecule has 0 radical (unpaired) electrons. The Morgan fingerprint density at radius 3 is 2.75 bits per heavy atom. The molecule has 0 heterocycles. The highest BCUT2D eigenvalue weighted by atomic mass is 16.5. The summed E-state index contributed by atoms with van der Waals surface area (Å²) in [5.41, 5.74) is 5.56. The topological polar surface area (TPSA) is 35.2 Å². The fourth-order valence-electron chi connectivity index (χ4n) is 2.15. The highest BCUT2D eigenvalue weighted by Crippen LogP contribution is 2.28. The standard InChI is InChI=1S/C10H21NO/c1-2-12-10-6-4-3-5-9(10)7-8-11/h9-10H,2-8,11H2,1H3. The quantitative estimate of drug-likeness (QED) is 0.701. The highest BCUT2D eigenvalue weighted by molar-refractivity contribution is 4.76. The summed E-state index contributed by atoms with van der Waals surface area (Å²) in [4.78, 5) is 0. The molecule has 1 saturated carbocycles. The normalized spacial score (nSPS) is 30.5. The Morgan fingerprint density at radius 2 is 2.08 bits per heavy atom. The molecule has 2 nitrogen and oxygen atoms in total. The Balaban J connectivity index is 2.31. The van der Waals surface area contributed by atoms with Gasteiger partial charge in [-0.3, -0.25) is 0 Å². The maximum atomic E-state index is 5.69. The smallest absolute Gasteiger partial charge is 0.0603 e. The van der Waals surface area contributed by atoms with Gasteiger partial charge in [0.25, 0.3) is 0 Å². The first-order valence-corrected chi connectivity index (χ1v) is 5.20. The summed E-state index contributed by atoms with van der Waals surface area (Å²) in [7, 11) is 0. The van der Waals surface area contributed by atoms with Crippen molar-refractivity contribution in [1.29, 1.82) is 0 Å². The van der Waals surface area contributed by atoms with Crippen molar-refractivity contribution >= 4 is 0 Å². The van der Waals surface area contributed by atoms with Gasteiger partial charge in [0.1, 0.15) is 0 Å². The fourth-order valence-corrected chi connectivity index (χ4v) is 2.15. The van der Waals surface area contributed by atoms with E-state index in [0.29, 0.717) is 6.10 Å².